The first-order valence-corrected chi connectivity index (χ1v) is 8.41. The Morgan fingerprint density at radius 3 is 2.34 bits per heavy atom. The zero-order chi connectivity index (χ0) is 21.0. The summed E-state index contributed by atoms with van der Waals surface area (Å²) in [7, 11) is 3.12. The summed E-state index contributed by atoms with van der Waals surface area (Å²) >= 11 is 0. The molecule has 0 unspecified atom stereocenters. The molecule has 3 rings (SSSR count). The van der Waals surface area contributed by atoms with Crippen molar-refractivity contribution in [2.75, 3.05) is 19.1 Å². The summed E-state index contributed by atoms with van der Waals surface area (Å²) in [6, 6.07) is 12.3. The van der Waals surface area contributed by atoms with Gasteiger partial charge in [-0.1, -0.05) is 12.1 Å². The summed E-state index contributed by atoms with van der Waals surface area (Å²) in [5.41, 5.74) is 1.93. The molecule has 29 heavy (non-hydrogen) atoms. The van der Waals surface area contributed by atoms with E-state index in [2.05, 4.69) is 19.6 Å². The predicted octanol–water partition coefficient (Wildman–Crippen LogP) is 3.59. The molecular formula is C19H17F3N4O3. The maximum Gasteiger partial charge on any atom is 0.573 e. The van der Waals surface area contributed by atoms with Crippen LogP contribution in [0.15, 0.2) is 54.9 Å². The predicted molar refractivity (Wildman–Crippen MR) is 97.9 cm³/mol. The molecule has 0 atom stereocenters. The molecule has 0 aliphatic heterocycles. The molecular weight excluding hydrogens is 389 g/mol. The SMILES string of the molecule is COC(=O)c1ccc(CN(C)c2ncn(-c3ccc(OC(F)(F)F)cc3)n2)cc1. The van der Waals surface area contributed by atoms with Gasteiger partial charge in [0, 0.05) is 13.6 Å². The van der Waals surface area contributed by atoms with Crippen LogP contribution < -0.4 is 9.64 Å². The molecule has 0 amide bonds. The smallest absolute Gasteiger partial charge is 0.465 e. The third-order valence-corrected chi connectivity index (χ3v) is 3.95. The second-order valence-corrected chi connectivity index (χ2v) is 6.08. The summed E-state index contributed by atoms with van der Waals surface area (Å²) in [5.74, 6) is -0.288. The molecule has 10 heteroatoms. The highest BCUT2D eigenvalue weighted by atomic mass is 19.4. The van der Waals surface area contributed by atoms with Crippen molar-refractivity contribution in [1.82, 2.24) is 14.8 Å². The van der Waals surface area contributed by atoms with Crippen LogP contribution in [0, 0.1) is 0 Å². The zero-order valence-electron chi connectivity index (χ0n) is 15.6. The van der Waals surface area contributed by atoms with E-state index in [-0.39, 0.29) is 5.75 Å². The molecule has 0 saturated heterocycles. The number of aromatic nitrogens is 3. The molecule has 0 aliphatic carbocycles. The number of rotatable bonds is 6. The number of hydrogen-bond donors (Lipinski definition) is 0. The van der Waals surface area contributed by atoms with Crippen molar-refractivity contribution in [2.45, 2.75) is 12.9 Å². The first-order valence-electron chi connectivity index (χ1n) is 8.41. The Morgan fingerprint density at radius 1 is 1.10 bits per heavy atom. The van der Waals surface area contributed by atoms with Crippen LogP contribution in [0.4, 0.5) is 19.1 Å². The van der Waals surface area contributed by atoms with Crippen molar-refractivity contribution in [3.8, 4) is 11.4 Å². The lowest BCUT2D eigenvalue weighted by Gasteiger charge is -2.15. The molecule has 3 aromatic rings. The Kier molecular flexibility index (Phi) is 5.71. The van der Waals surface area contributed by atoms with E-state index in [0.717, 1.165) is 5.56 Å². The maximum atomic E-state index is 12.2. The maximum absolute atomic E-state index is 12.2. The standard InChI is InChI=1S/C19H17F3N4O3/c1-25(11-13-3-5-14(6-4-13)17(27)28-2)18-23-12-26(24-18)15-7-9-16(10-8-15)29-19(20,21)22/h3-10,12H,11H2,1-2H3. The Labute approximate surface area is 164 Å². The number of benzene rings is 2. The zero-order valence-corrected chi connectivity index (χ0v) is 15.6. The lowest BCUT2D eigenvalue weighted by Crippen LogP contribution is -2.18. The number of methoxy groups -OCH3 is 1. The Bertz CT molecular complexity index is 970. The molecule has 2 aromatic carbocycles. The Balaban J connectivity index is 1.66. The highest BCUT2D eigenvalue weighted by Gasteiger charge is 2.31. The molecule has 0 bridgehead atoms. The summed E-state index contributed by atoms with van der Waals surface area (Å²) < 4.78 is 46.7. The van der Waals surface area contributed by atoms with Gasteiger partial charge in [-0.3, -0.25) is 0 Å². The fourth-order valence-electron chi connectivity index (χ4n) is 2.56. The number of hydrogen-bond acceptors (Lipinski definition) is 6. The van der Waals surface area contributed by atoms with E-state index in [1.165, 1.54) is 42.4 Å². The molecule has 0 spiro atoms. The second-order valence-electron chi connectivity index (χ2n) is 6.08. The molecule has 1 heterocycles. The number of halogens is 3. The number of nitrogens with zero attached hydrogens (tertiary/aromatic N) is 4. The highest BCUT2D eigenvalue weighted by Crippen LogP contribution is 2.23. The van der Waals surface area contributed by atoms with E-state index < -0.39 is 12.3 Å². The van der Waals surface area contributed by atoms with Gasteiger partial charge in [0.2, 0.25) is 5.95 Å². The fraction of sp³-hybridized carbons (Fsp3) is 0.211. The van der Waals surface area contributed by atoms with Crippen LogP contribution in [0.3, 0.4) is 0 Å². The topological polar surface area (TPSA) is 69.5 Å². The molecule has 7 nitrogen and oxygen atoms in total. The van der Waals surface area contributed by atoms with Gasteiger partial charge in [0.1, 0.15) is 12.1 Å². The van der Waals surface area contributed by atoms with Crippen molar-refractivity contribution >= 4 is 11.9 Å². The van der Waals surface area contributed by atoms with E-state index in [4.69, 9.17) is 0 Å². The quantitative estimate of drug-likeness (QED) is 0.583. The minimum atomic E-state index is -4.74. The largest absolute Gasteiger partial charge is 0.573 e. The summed E-state index contributed by atoms with van der Waals surface area (Å²) in [4.78, 5) is 17.5. The van der Waals surface area contributed by atoms with Crippen LogP contribution in [0.25, 0.3) is 5.69 Å². The molecule has 0 N–H and O–H groups in total. The molecule has 0 aliphatic rings. The van der Waals surface area contributed by atoms with Crippen LogP contribution in [-0.2, 0) is 11.3 Å². The number of ether oxygens (including phenoxy) is 2. The van der Waals surface area contributed by atoms with Crippen molar-refractivity contribution in [3.63, 3.8) is 0 Å². The summed E-state index contributed by atoms with van der Waals surface area (Å²) in [5, 5.41) is 4.33. The van der Waals surface area contributed by atoms with E-state index in [9.17, 15) is 18.0 Å². The first kappa shape index (κ1) is 20.2. The molecule has 0 fully saturated rings. The van der Waals surface area contributed by atoms with Crippen molar-refractivity contribution in [1.29, 1.82) is 0 Å². The van der Waals surface area contributed by atoms with Gasteiger partial charge < -0.3 is 14.4 Å². The highest BCUT2D eigenvalue weighted by molar-refractivity contribution is 5.89. The molecule has 1 aromatic heterocycles. The third-order valence-electron chi connectivity index (χ3n) is 3.95. The minimum absolute atomic E-state index is 0.311. The second kappa shape index (κ2) is 8.21. The van der Waals surface area contributed by atoms with Gasteiger partial charge in [0.15, 0.2) is 0 Å². The van der Waals surface area contributed by atoms with E-state index in [1.54, 1.807) is 36.2 Å². The van der Waals surface area contributed by atoms with Crippen LogP contribution in [0.2, 0.25) is 0 Å². The van der Waals surface area contributed by atoms with Crippen LogP contribution in [0.1, 0.15) is 15.9 Å². The number of alkyl halides is 3. The lowest BCUT2D eigenvalue weighted by atomic mass is 10.1. The van der Waals surface area contributed by atoms with Gasteiger partial charge in [0.25, 0.3) is 0 Å². The van der Waals surface area contributed by atoms with E-state index in [0.29, 0.717) is 23.7 Å². The number of anilines is 1. The summed E-state index contributed by atoms with van der Waals surface area (Å²) in [6.45, 7) is 0.490. The van der Waals surface area contributed by atoms with E-state index >= 15 is 0 Å². The van der Waals surface area contributed by atoms with Crippen molar-refractivity contribution in [3.05, 3.63) is 66.0 Å². The Morgan fingerprint density at radius 2 is 1.76 bits per heavy atom. The monoisotopic (exact) mass is 406 g/mol. The normalized spacial score (nSPS) is 11.2. The molecule has 0 radical (unpaired) electrons. The Hall–Kier alpha value is -3.56. The van der Waals surface area contributed by atoms with Crippen molar-refractivity contribution < 1.29 is 27.4 Å². The molecule has 152 valence electrons. The minimum Gasteiger partial charge on any atom is -0.465 e. The van der Waals surface area contributed by atoms with Gasteiger partial charge in [-0.15, -0.1) is 18.3 Å². The average molecular weight is 406 g/mol. The van der Waals surface area contributed by atoms with Gasteiger partial charge in [-0.25, -0.2) is 9.48 Å². The van der Waals surface area contributed by atoms with Crippen LogP contribution in [-0.4, -0.2) is 41.3 Å². The number of esters is 1. The van der Waals surface area contributed by atoms with Crippen LogP contribution in [0.5, 0.6) is 5.75 Å². The average Bonchev–Trinajstić information content (AvgIpc) is 3.18. The van der Waals surface area contributed by atoms with E-state index in [1.807, 2.05) is 0 Å². The number of carbonyl (C=O) groups excluding carboxylic acids is 1. The van der Waals surface area contributed by atoms with Gasteiger partial charge in [0.05, 0.1) is 18.4 Å². The lowest BCUT2D eigenvalue weighted by molar-refractivity contribution is -0.274. The van der Waals surface area contributed by atoms with Gasteiger partial charge >= 0.3 is 12.3 Å². The van der Waals surface area contributed by atoms with Crippen LogP contribution >= 0.6 is 0 Å². The molecule has 0 saturated carbocycles. The summed E-state index contributed by atoms with van der Waals surface area (Å²) in [6.07, 6.45) is -3.27. The third kappa shape index (κ3) is 5.24. The number of carbonyl (C=O) groups is 1. The van der Waals surface area contributed by atoms with Crippen molar-refractivity contribution in [2.24, 2.45) is 0 Å². The van der Waals surface area contributed by atoms with Gasteiger partial charge in [-0.2, -0.15) is 4.98 Å². The fourth-order valence-corrected chi connectivity index (χ4v) is 2.56. The van der Waals surface area contributed by atoms with Gasteiger partial charge in [-0.05, 0) is 42.0 Å². The first-order chi connectivity index (χ1) is 13.7.